The van der Waals surface area contributed by atoms with Crippen molar-refractivity contribution < 1.29 is 14.3 Å². The van der Waals surface area contributed by atoms with Crippen molar-refractivity contribution in [3.63, 3.8) is 0 Å². The number of alkyl carbamates (subject to hydrolysis) is 1. The summed E-state index contributed by atoms with van der Waals surface area (Å²) in [6.07, 6.45) is 9.61. The number of aryl methyl sites for hydroxylation is 1. The van der Waals surface area contributed by atoms with Crippen LogP contribution in [0.5, 0.6) is 0 Å². The number of terminal acetylenes is 1. The third-order valence-corrected chi connectivity index (χ3v) is 4.43. The largest absolute Gasteiger partial charge is 0.453 e. The van der Waals surface area contributed by atoms with E-state index >= 15 is 0 Å². The van der Waals surface area contributed by atoms with Crippen molar-refractivity contribution in [3.8, 4) is 12.3 Å². The number of carbonyl (C=O) groups excluding carboxylic acids is 2. The van der Waals surface area contributed by atoms with Crippen LogP contribution in [-0.4, -0.2) is 46.6 Å². The van der Waals surface area contributed by atoms with Crippen LogP contribution in [0.4, 0.5) is 4.79 Å². The maximum absolute atomic E-state index is 13.0. The number of imidazole rings is 1. The second-order valence-electron chi connectivity index (χ2n) is 6.55. The topological polar surface area (TPSA) is 87.3 Å². The van der Waals surface area contributed by atoms with Gasteiger partial charge in [-0.3, -0.25) is 4.79 Å². The number of likely N-dealkylation sites (tertiary alicyclic amines) is 1. The van der Waals surface area contributed by atoms with Crippen LogP contribution in [0, 0.1) is 18.3 Å². The molecule has 0 aromatic carbocycles. The normalized spacial score (nSPS) is 18.0. The molecule has 0 unspecified atom stereocenters. The lowest BCUT2D eigenvalue weighted by molar-refractivity contribution is -0.135. The number of aromatic nitrogens is 2. The van der Waals surface area contributed by atoms with Crippen molar-refractivity contribution >= 4 is 12.0 Å². The van der Waals surface area contributed by atoms with Crippen molar-refractivity contribution in [2.45, 2.75) is 51.6 Å². The predicted molar refractivity (Wildman–Crippen MR) is 93.6 cm³/mol. The molecule has 2 atom stereocenters. The van der Waals surface area contributed by atoms with Crippen LogP contribution in [-0.2, 0) is 16.0 Å². The molecule has 2 heterocycles. The number of hydrogen-bond acceptors (Lipinski definition) is 4. The molecule has 2 rings (SSSR count). The fourth-order valence-electron chi connectivity index (χ4n) is 3.07. The van der Waals surface area contributed by atoms with Crippen molar-refractivity contribution in [1.82, 2.24) is 20.2 Å². The number of carbonyl (C=O) groups is 2. The number of nitrogens with one attached hydrogen (secondary N) is 2. The Balaban J connectivity index is 2.13. The Labute approximate surface area is 148 Å². The molecular formula is C18H26N4O3. The third-order valence-electron chi connectivity index (χ3n) is 4.43. The van der Waals surface area contributed by atoms with E-state index in [-0.39, 0.29) is 17.9 Å². The van der Waals surface area contributed by atoms with E-state index in [1.54, 1.807) is 11.1 Å². The molecule has 25 heavy (non-hydrogen) atoms. The van der Waals surface area contributed by atoms with Gasteiger partial charge in [-0.15, -0.1) is 12.3 Å². The van der Waals surface area contributed by atoms with E-state index in [1.807, 2.05) is 13.8 Å². The van der Waals surface area contributed by atoms with Crippen LogP contribution < -0.4 is 5.32 Å². The molecule has 2 amide bonds. The van der Waals surface area contributed by atoms with E-state index in [9.17, 15) is 9.59 Å². The lowest BCUT2D eigenvalue weighted by Gasteiger charge is -2.30. The van der Waals surface area contributed by atoms with Crippen molar-refractivity contribution in [2.24, 2.45) is 5.92 Å². The fourth-order valence-corrected chi connectivity index (χ4v) is 3.07. The Kier molecular flexibility index (Phi) is 6.45. The molecule has 1 fully saturated rings. The molecule has 0 radical (unpaired) electrons. The Hall–Kier alpha value is -2.49. The average molecular weight is 346 g/mol. The Bertz CT molecular complexity index is 647. The molecule has 0 spiro atoms. The zero-order chi connectivity index (χ0) is 18.4. The maximum atomic E-state index is 13.0. The lowest BCUT2D eigenvalue weighted by atomic mass is 10.0. The molecule has 136 valence electrons. The SMILES string of the molecule is C#CCCc1cnc([C@H]2CCCN2C(=O)[C@@H](NC(=O)OC)C(C)C)[nH]1. The van der Waals surface area contributed by atoms with Crippen LogP contribution in [0.15, 0.2) is 6.20 Å². The maximum Gasteiger partial charge on any atom is 0.407 e. The first-order chi connectivity index (χ1) is 12.0. The highest BCUT2D eigenvalue weighted by Crippen LogP contribution is 2.31. The number of rotatable bonds is 6. The Morgan fingerprint density at radius 2 is 2.32 bits per heavy atom. The minimum Gasteiger partial charge on any atom is -0.453 e. The van der Waals surface area contributed by atoms with Crippen LogP contribution >= 0.6 is 0 Å². The summed E-state index contributed by atoms with van der Waals surface area (Å²) in [6.45, 7) is 4.44. The number of aromatic amines is 1. The first-order valence-electron chi connectivity index (χ1n) is 8.60. The highest BCUT2D eigenvalue weighted by atomic mass is 16.5. The lowest BCUT2D eigenvalue weighted by Crippen LogP contribution is -2.51. The van der Waals surface area contributed by atoms with Crippen LogP contribution in [0.2, 0.25) is 0 Å². The Morgan fingerprint density at radius 3 is 2.96 bits per heavy atom. The number of H-pyrrole nitrogens is 1. The summed E-state index contributed by atoms with van der Waals surface area (Å²) in [6, 6.07) is -0.725. The zero-order valence-corrected chi connectivity index (χ0v) is 15.0. The van der Waals surface area contributed by atoms with Gasteiger partial charge in [0.15, 0.2) is 0 Å². The summed E-state index contributed by atoms with van der Waals surface area (Å²) in [5.74, 6) is 3.23. The number of ether oxygens (including phenoxy) is 1. The smallest absolute Gasteiger partial charge is 0.407 e. The van der Waals surface area contributed by atoms with Gasteiger partial charge in [0.25, 0.3) is 0 Å². The molecule has 1 aliphatic heterocycles. The molecule has 1 aromatic heterocycles. The predicted octanol–water partition coefficient (Wildman–Crippen LogP) is 2.02. The summed E-state index contributed by atoms with van der Waals surface area (Å²) in [5.41, 5.74) is 0.973. The molecule has 1 aromatic rings. The molecule has 0 bridgehead atoms. The van der Waals surface area contributed by atoms with E-state index in [0.29, 0.717) is 13.0 Å². The van der Waals surface area contributed by atoms with E-state index in [1.165, 1.54) is 7.11 Å². The second kappa shape index (κ2) is 8.56. The van der Waals surface area contributed by atoms with Gasteiger partial charge in [-0.1, -0.05) is 13.8 Å². The number of amides is 2. The molecule has 0 aliphatic carbocycles. The van der Waals surface area contributed by atoms with Gasteiger partial charge < -0.3 is 19.9 Å². The summed E-state index contributed by atoms with van der Waals surface area (Å²) < 4.78 is 4.64. The van der Waals surface area contributed by atoms with E-state index < -0.39 is 12.1 Å². The molecule has 0 saturated carbocycles. The molecule has 7 nitrogen and oxygen atoms in total. The van der Waals surface area contributed by atoms with Gasteiger partial charge >= 0.3 is 6.09 Å². The van der Waals surface area contributed by atoms with Crippen LogP contribution in [0.25, 0.3) is 0 Å². The average Bonchev–Trinajstić information content (AvgIpc) is 3.25. The molecule has 7 heteroatoms. The van der Waals surface area contributed by atoms with Gasteiger partial charge in [0.2, 0.25) is 5.91 Å². The minimum atomic E-state index is -0.621. The quantitative estimate of drug-likeness (QED) is 0.772. The van der Waals surface area contributed by atoms with Crippen LogP contribution in [0.1, 0.15) is 50.7 Å². The first kappa shape index (κ1) is 18.8. The second-order valence-corrected chi connectivity index (χ2v) is 6.55. The van der Waals surface area contributed by atoms with E-state index in [0.717, 1.165) is 30.8 Å². The fraction of sp³-hybridized carbons (Fsp3) is 0.611. The summed E-state index contributed by atoms with van der Waals surface area (Å²) >= 11 is 0. The number of hydrogen-bond donors (Lipinski definition) is 2. The van der Waals surface area contributed by atoms with Gasteiger partial charge in [0.05, 0.1) is 13.2 Å². The van der Waals surface area contributed by atoms with Gasteiger partial charge in [0, 0.05) is 24.9 Å². The highest BCUT2D eigenvalue weighted by molar-refractivity contribution is 5.86. The van der Waals surface area contributed by atoms with Crippen molar-refractivity contribution in [3.05, 3.63) is 17.7 Å². The highest BCUT2D eigenvalue weighted by Gasteiger charge is 2.37. The monoisotopic (exact) mass is 346 g/mol. The van der Waals surface area contributed by atoms with Gasteiger partial charge in [-0.2, -0.15) is 0 Å². The standard InChI is InChI=1S/C18H26N4O3/c1-5-6-8-13-11-19-16(20-13)14-9-7-10-22(14)17(23)15(12(2)3)21-18(24)25-4/h1,11-12,14-15H,6-10H2,2-4H3,(H,19,20)(H,21,24)/t14-,15+/m1/s1. The van der Waals surface area contributed by atoms with E-state index in [4.69, 9.17) is 6.42 Å². The van der Waals surface area contributed by atoms with Gasteiger partial charge in [-0.25, -0.2) is 9.78 Å². The summed E-state index contributed by atoms with van der Waals surface area (Å²) in [5, 5.41) is 2.64. The molecule has 1 aliphatic rings. The summed E-state index contributed by atoms with van der Waals surface area (Å²) in [4.78, 5) is 34.1. The molecule has 2 N–H and O–H groups in total. The van der Waals surface area contributed by atoms with E-state index in [2.05, 4.69) is 25.9 Å². The number of methoxy groups -OCH3 is 1. The molecule has 1 saturated heterocycles. The third kappa shape index (κ3) is 4.53. The Morgan fingerprint density at radius 1 is 1.56 bits per heavy atom. The molecular weight excluding hydrogens is 320 g/mol. The van der Waals surface area contributed by atoms with Crippen molar-refractivity contribution in [1.29, 1.82) is 0 Å². The summed E-state index contributed by atoms with van der Waals surface area (Å²) in [7, 11) is 1.29. The minimum absolute atomic E-state index is 0.0457. The first-order valence-corrected chi connectivity index (χ1v) is 8.60. The van der Waals surface area contributed by atoms with Crippen molar-refractivity contribution in [2.75, 3.05) is 13.7 Å². The zero-order valence-electron chi connectivity index (χ0n) is 15.0. The van der Waals surface area contributed by atoms with Gasteiger partial charge in [0.1, 0.15) is 11.9 Å². The van der Waals surface area contributed by atoms with Gasteiger partial charge in [-0.05, 0) is 25.2 Å². The van der Waals surface area contributed by atoms with Crippen LogP contribution in [0.3, 0.4) is 0 Å². The number of nitrogens with zero attached hydrogens (tertiary/aromatic N) is 2.